The van der Waals surface area contributed by atoms with Gasteiger partial charge in [0.25, 0.3) is 0 Å². The first-order chi connectivity index (χ1) is 9.49. The maximum Gasteiger partial charge on any atom is 0.119 e. The van der Waals surface area contributed by atoms with E-state index in [4.69, 9.17) is 27.4 Å². The molecule has 0 amide bonds. The Kier molecular flexibility index (Phi) is 7.51. The van der Waals surface area contributed by atoms with Gasteiger partial charge in [-0.15, -0.1) is 0 Å². The largest absolute Gasteiger partial charge is 0.492 e. The lowest BCUT2D eigenvalue weighted by molar-refractivity contribution is 0.0616. The zero-order valence-corrected chi connectivity index (χ0v) is 13.3. The van der Waals surface area contributed by atoms with E-state index in [9.17, 15) is 0 Å². The van der Waals surface area contributed by atoms with Gasteiger partial charge in [-0.05, 0) is 45.2 Å². The second-order valence-electron chi connectivity index (χ2n) is 4.96. The lowest BCUT2D eigenvalue weighted by Gasteiger charge is -2.17. The summed E-state index contributed by atoms with van der Waals surface area (Å²) in [6.07, 6.45) is 0.284. The summed E-state index contributed by atoms with van der Waals surface area (Å²) in [4.78, 5) is 2.59. The van der Waals surface area contributed by atoms with Crippen LogP contribution in [-0.4, -0.2) is 49.3 Å². The Labute approximate surface area is 126 Å². The summed E-state index contributed by atoms with van der Waals surface area (Å²) in [5.74, 6) is 0.830. The van der Waals surface area contributed by atoms with Crippen LogP contribution in [0.25, 0.3) is 0 Å². The van der Waals surface area contributed by atoms with E-state index in [2.05, 4.69) is 11.9 Å². The number of nitrogens with two attached hydrogens (primary N) is 1. The van der Waals surface area contributed by atoms with E-state index in [1.807, 2.05) is 38.1 Å². The minimum absolute atomic E-state index is 0.284. The van der Waals surface area contributed by atoms with Crippen LogP contribution in [-0.2, 0) is 4.74 Å². The van der Waals surface area contributed by atoms with Gasteiger partial charge in [-0.1, -0.05) is 12.2 Å². The average molecular weight is 296 g/mol. The maximum absolute atomic E-state index is 5.67. The van der Waals surface area contributed by atoms with E-state index in [1.165, 1.54) is 0 Å². The van der Waals surface area contributed by atoms with Crippen LogP contribution in [0, 0.1) is 0 Å². The molecule has 4 nitrogen and oxygen atoms in total. The quantitative estimate of drug-likeness (QED) is 0.707. The van der Waals surface area contributed by atoms with E-state index >= 15 is 0 Å². The Hall–Kier alpha value is -1.17. The SMILES string of the molecule is CC(C)OCCN(C)CCOc1ccc(C(N)=S)cc1. The van der Waals surface area contributed by atoms with Crippen LogP contribution in [0.1, 0.15) is 19.4 Å². The maximum atomic E-state index is 5.67. The van der Waals surface area contributed by atoms with Gasteiger partial charge in [0.1, 0.15) is 17.3 Å². The predicted molar refractivity (Wildman–Crippen MR) is 86.4 cm³/mol. The van der Waals surface area contributed by atoms with E-state index in [0.717, 1.165) is 31.0 Å². The van der Waals surface area contributed by atoms with Crippen LogP contribution in [0.15, 0.2) is 24.3 Å². The van der Waals surface area contributed by atoms with Crippen molar-refractivity contribution >= 4 is 17.2 Å². The van der Waals surface area contributed by atoms with Gasteiger partial charge in [0.2, 0.25) is 0 Å². The summed E-state index contributed by atoms with van der Waals surface area (Å²) < 4.78 is 11.2. The molecule has 0 fully saturated rings. The summed E-state index contributed by atoms with van der Waals surface area (Å²) in [6.45, 7) is 7.24. The molecular formula is C15H24N2O2S. The van der Waals surface area contributed by atoms with Crippen LogP contribution in [0.3, 0.4) is 0 Å². The number of benzene rings is 1. The second kappa shape index (κ2) is 8.89. The fourth-order valence-corrected chi connectivity index (χ4v) is 1.73. The van der Waals surface area contributed by atoms with E-state index < -0.39 is 0 Å². The second-order valence-corrected chi connectivity index (χ2v) is 5.40. The minimum Gasteiger partial charge on any atom is -0.492 e. The van der Waals surface area contributed by atoms with Crippen molar-refractivity contribution in [2.24, 2.45) is 5.73 Å². The van der Waals surface area contributed by atoms with E-state index in [0.29, 0.717) is 11.6 Å². The molecule has 0 radical (unpaired) electrons. The van der Waals surface area contributed by atoms with Crippen molar-refractivity contribution in [2.45, 2.75) is 20.0 Å². The zero-order valence-electron chi connectivity index (χ0n) is 12.5. The molecule has 0 heterocycles. The molecule has 112 valence electrons. The fourth-order valence-electron chi connectivity index (χ4n) is 1.59. The monoisotopic (exact) mass is 296 g/mol. The average Bonchev–Trinajstić information content (AvgIpc) is 2.39. The molecule has 0 unspecified atom stereocenters. The number of ether oxygens (including phenoxy) is 2. The van der Waals surface area contributed by atoms with Crippen LogP contribution in [0.2, 0.25) is 0 Å². The molecule has 0 atom stereocenters. The summed E-state index contributed by atoms with van der Waals surface area (Å²) >= 11 is 4.90. The van der Waals surface area contributed by atoms with Crippen LogP contribution < -0.4 is 10.5 Å². The third-order valence-corrected chi connectivity index (χ3v) is 3.04. The number of nitrogens with zero attached hydrogens (tertiary/aromatic N) is 1. The number of hydrogen-bond donors (Lipinski definition) is 1. The van der Waals surface area contributed by atoms with Gasteiger partial charge < -0.3 is 20.1 Å². The smallest absolute Gasteiger partial charge is 0.119 e. The molecular weight excluding hydrogens is 272 g/mol. The Morgan fingerprint density at radius 3 is 2.35 bits per heavy atom. The molecule has 1 rings (SSSR count). The van der Waals surface area contributed by atoms with E-state index in [1.54, 1.807) is 0 Å². The standard InChI is InChI=1S/C15H24N2O2S/c1-12(2)18-10-8-17(3)9-11-19-14-6-4-13(5-7-14)15(16)20/h4-7,12H,8-11H2,1-3H3,(H2,16,20). The van der Waals surface area contributed by atoms with Gasteiger partial charge in [-0.25, -0.2) is 0 Å². The van der Waals surface area contributed by atoms with Crippen molar-refractivity contribution in [3.63, 3.8) is 0 Å². The third-order valence-electron chi connectivity index (χ3n) is 2.80. The van der Waals surface area contributed by atoms with Crippen molar-refractivity contribution in [1.82, 2.24) is 4.90 Å². The van der Waals surface area contributed by atoms with Crippen LogP contribution >= 0.6 is 12.2 Å². The Balaban J connectivity index is 2.21. The first kappa shape index (κ1) is 16.9. The van der Waals surface area contributed by atoms with Crippen LogP contribution in [0.5, 0.6) is 5.75 Å². The van der Waals surface area contributed by atoms with Gasteiger partial charge in [0, 0.05) is 18.7 Å². The molecule has 0 aliphatic rings. The molecule has 0 aliphatic heterocycles. The highest BCUT2D eigenvalue weighted by Crippen LogP contribution is 2.11. The number of thiocarbonyl (C=S) groups is 1. The van der Waals surface area contributed by atoms with Gasteiger partial charge in [-0.2, -0.15) is 0 Å². The van der Waals surface area contributed by atoms with Crippen molar-refractivity contribution < 1.29 is 9.47 Å². The van der Waals surface area contributed by atoms with Crippen molar-refractivity contribution in [2.75, 3.05) is 33.4 Å². The van der Waals surface area contributed by atoms with Crippen molar-refractivity contribution in [3.8, 4) is 5.75 Å². The first-order valence-corrected chi connectivity index (χ1v) is 7.22. The highest BCUT2D eigenvalue weighted by atomic mass is 32.1. The van der Waals surface area contributed by atoms with Crippen LogP contribution in [0.4, 0.5) is 0 Å². The molecule has 20 heavy (non-hydrogen) atoms. The molecule has 0 aromatic heterocycles. The summed E-state index contributed by atoms with van der Waals surface area (Å²) in [5, 5.41) is 0. The zero-order chi connectivity index (χ0) is 15.0. The fraction of sp³-hybridized carbons (Fsp3) is 0.533. The molecule has 0 bridgehead atoms. The Morgan fingerprint density at radius 1 is 1.20 bits per heavy atom. The normalized spacial score (nSPS) is 11.1. The minimum atomic E-state index is 0.284. The highest BCUT2D eigenvalue weighted by Gasteiger charge is 2.01. The third kappa shape index (κ3) is 6.84. The van der Waals surface area contributed by atoms with Gasteiger partial charge >= 0.3 is 0 Å². The lowest BCUT2D eigenvalue weighted by Crippen LogP contribution is -2.28. The molecule has 0 aliphatic carbocycles. The predicted octanol–water partition coefficient (Wildman–Crippen LogP) is 2.06. The van der Waals surface area contributed by atoms with Gasteiger partial charge in [0.15, 0.2) is 0 Å². The molecule has 5 heteroatoms. The molecule has 0 spiro atoms. The molecule has 0 saturated heterocycles. The van der Waals surface area contributed by atoms with E-state index in [-0.39, 0.29) is 6.10 Å². The molecule has 1 aromatic carbocycles. The Bertz CT molecular complexity index is 407. The Morgan fingerprint density at radius 2 is 1.80 bits per heavy atom. The highest BCUT2D eigenvalue weighted by molar-refractivity contribution is 7.80. The van der Waals surface area contributed by atoms with Gasteiger partial charge in [-0.3, -0.25) is 0 Å². The number of likely N-dealkylation sites (N-methyl/N-ethyl adjacent to an activating group) is 1. The summed E-state index contributed by atoms with van der Waals surface area (Å²) in [5.41, 5.74) is 6.40. The molecule has 2 N–H and O–H groups in total. The van der Waals surface area contributed by atoms with Crippen molar-refractivity contribution in [3.05, 3.63) is 29.8 Å². The first-order valence-electron chi connectivity index (χ1n) is 6.82. The summed E-state index contributed by atoms with van der Waals surface area (Å²) in [6, 6.07) is 7.52. The summed E-state index contributed by atoms with van der Waals surface area (Å²) in [7, 11) is 2.06. The number of hydrogen-bond acceptors (Lipinski definition) is 4. The van der Waals surface area contributed by atoms with Gasteiger partial charge in [0.05, 0.1) is 12.7 Å². The number of rotatable bonds is 9. The lowest BCUT2D eigenvalue weighted by atomic mass is 10.2. The topological polar surface area (TPSA) is 47.7 Å². The molecule has 1 aromatic rings. The molecule has 0 saturated carbocycles. The van der Waals surface area contributed by atoms with Crippen molar-refractivity contribution in [1.29, 1.82) is 0 Å².